The van der Waals surface area contributed by atoms with Crippen molar-refractivity contribution in [2.75, 3.05) is 6.54 Å². The number of aromatic nitrogens is 2. The number of nitrogens with one attached hydrogen (secondary N) is 1. The Morgan fingerprint density at radius 2 is 2.11 bits per heavy atom. The van der Waals surface area contributed by atoms with Crippen molar-refractivity contribution in [3.05, 3.63) is 48.0 Å². The van der Waals surface area contributed by atoms with Crippen molar-refractivity contribution < 1.29 is 14.3 Å². The van der Waals surface area contributed by atoms with E-state index in [-0.39, 0.29) is 24.0 Å². The minimum absolute atomic E-state index is 0.169. The third-order valence-corrected chi connectivity index (χ3v) is 2.47. The van der Waals surface area contributed by atoms with Gasteiger partial charge in [-0.25, -0.2) is 9.07 Å². The molecule has 1 heterocycles. The van der Waals surface area contributed by atoms with Gasteiger partial charge >= 0.3 is 0 Å². The molecule has 0 radical (unpaired) electrons. The first-order valence-corrected chi connectivity index (χ1v) is 5.84. The molecule has 0 unspecified atom stereocenters. The number of hydrogen-bond acceptors (Lipinski definition) is 3. The molecule has 1 amide bonds. The van der Waals surface area contributed by atoms with Gasteiger partial charge in [-0.2, -0.15) is 5.10 Å². The zero-order valence-electron chi connectivity index (χ0n) is 10.4. The summed E-state index contributed by atoms with van der Waals surface area (Å²) in [5, 5.41) is 15.7. The highest BCUT2D eigenvalue weighted by Crippen LogP contribution is 2.08. The van der Waals surface area contributed by atoms with Gasteiger partial charge in [0.15, 0.2) is 5.69 Å². The van der Waals surface area contributed by atoms with Crippen LogP contribution in [0.3, 0.4) is 0 Å². The maximum atomic E-state index is 12.8. The molecule has 0 saturated heterocycles. The fraction of sp³-hybridized carbons (Fsp3) is 0.231. The van der Waals surface area contributed by atoms with Crippen LogP contribution in [-0.2, 0) is 0 Å². The SMILES string of the molecule is C[C@H](O)CNC(=O)c1ccn(-c2ccc(F)cc2)n1. The summed E-state index contributed by atoms with van der Waals surface area (Å²) in [5.41, 5.74) is 0.904. The number of halogens is 1. The largest absolute Gasteiger partial charge is 0.392 e. The average molecular weight is 263 g/mol. The van der Waals surface area contributed by atoms with Gasteiger partial charge in [-0.05, 0) is 37.3 Å². The van der Waals surface area contributed by atoms with E-state index in [0.717, 1.165) is 0 Å². The predicted molar refractivity (Wildman–Crippen MR) is 67.5 cm³/mol. The quantitative estimate of drug-likeness (QED) is 0.868. The first kappa shape index (κ1) is 13.2. The molecule has 1 aromatic carbocycles. The number of benzene rings is 1. The summed E-state index contributed by atoms with van der Waals surface area (Å²) in [6.07, 6.45) is 1.01. The normalized spacial score (nSPS) is 12.2. The number of aliphatic hydroxyl groups excluding tert-OH is 1. The van der Waals surface area contributed by atoms with E-state index in [1.165, 1.54) is 16.8 Å². The number of nitrogens with zero attached hydrogens (tertiary/aromatic N) is 2. The zero-order chi connectivity index (χ0) is 13.8. The minimum Gasteiger partial charge on any atom is -0.392 e. The number of rotatable bonds is 4. The standard InChI is InChI=1S/C13H14FN3O2/c1-9(18)8-15-13(19)12-6-7-17(16-12)11-4-2-10(14)3-5-11/h2-7,9,18H,8H2,1H3,(H,15,19)/t9-/m0/s1. The van der Waals surface area contributed by atoms with Crippen molar-refractivity contribution in [1.82, 2.24) is 15.1 Å². The van der Waals surface area contributed by atoms with Crippen molar-refractivity contribution in [2.24, 2.45) is 0 Å². The van der Waals surface area contributed by atoms with E-state index >= 15 is 0 Å². The highest BCUT2D eigenvalue weighted by atomic mass is 19.1. The zero-order valence-corrected chi connectivity index (χ0v) is 10.4. The van der Waals surface area contributed by atoms with Crippen LogP contribution in [0.4, 0.5) is 4.39 Å². The van der Waals surface area contributed by atoms with E-state index in [2.05, 4.69) is 10.4 Å². The number of carbonyl (C=O) groups excluding carboxylic acids is 1. The summed E-state index contributed by atoms with van der Waals surface area (Å²) in [4.78, 5) is 11.7. The van der Waals surface area contributed by atoms with Crippen LogP contribution in [0.5, 0.6) is 0 Å². The summed E-state index contributed by atoms with van der Waals surface area (Å²) in [6, 6.07) is 7.34. The molecule has 2 rings (SSSR count). The van der Waals surface area contributed by atoms with Crippen molar-refractivity contribution in [1.29, 1.82) is 0 Å². The van der Waals surface area contributed by atoms with Gasteiger partial charge in [0.25, 0.3) is 5.91 Å². The molecule has 0 saturated carbocycles. The average Bonchev–Trinajstić information content (AvgIpc) is 2.86. The Labute approximate surface area is 109 Å². The van der Waals surface area contributed by atoms with E-state index in [9.17, 15) is 9.18 Å². The summed E-state index contributed by atoms with van der Waals surface area (Å²) in [6.45, 7) is 1.75. The highest BCUT2D eigenvalue weighted by molar-refractivity contribution is 5.92. The van der Waals surface area contributed by atoms with Crippen LogP contribution >= 0.6 is 0 Å². The second-order valence-electron chi connectivity index (χ2n) is 4.18. The monoisotopic (exact) mass is 263 g/mol. The van der Waals surface area contributed by atoms with Gasteiger partial charge in [-0.3, -0.25) is 4.79 Å². The molecule has 2 N–H and O–H groups in total. The summed E-state index contributed by atoms with van der Waals surface area (Å²) < 4.78 is 14.3. The molecule has 0 aliphatic heterocycles. The predicted octanol–water partition coefficient (Wildman–Crippen LogP) is 1.12. The van der Waals surface area contributed by atoms with Crippen LogP contribution in [0.25, 0.3) is 5.69 Å². The van der Waals surface area contributed by atoms with Gasteiger partial charge < -0.3 is 10.4 Å². The van der Waals surface area contributed by atoms with E-state index in [4.69, 9.17) is 5.11 Å². The second-order valence-corrected chi connectivity index (χ2v) is 4.18. The molecule has 0 fully saturated rings. The van der Waals surface area contributed by atoms with Gasteiger partial charge in [-0.15, -0.1) is 0 Å². The molecule has 0 aliphatic rings. The van der Waals surface area contributed by atoms with E-state index in [0.29, 0.717) is 5.69 Å². The van der Waals surface area contributed by atoms with Gasteiger partial charge in [0.2, 0.25) is 0 Å². The molecule has 1 aromatic heterocycles. The maximum Gasteiger partial charge on any atom is 0.271 e. The van der Waals surface area contributed by atoms with Crippen molar-refractivity contribution >= 4 is 5.91 Å². The van der Waals surface area contributed by atoms with Crippen LogP contribution in [0.2, 0.25) is 0 Å². The van der Waals surface area contributed by atoms with E-state index in [1.54, 1.807) is 31.3 Å². The third kappa shape index (κ3) is 3.38. The Hall–Kier alpha value is -2.21. The topological polar surface area (TPSA) is 67.2 Å². The fourth-order valence-electron chi connectivity index (χ4n) is 1.51. The number of amides is 1. The first-order chi connectivity index (χ1) is 9.06. The van der Waals surface area contributed by atoms with Crippen LogP contribution in [0.1, 0.15) is 17.4 Å². The lowest BCUT2D eigenvalue weighted by molar-refractivity contribution is 0.0918. The molecular weight excluding hydrogens is 249 g/mol. The molecule has 1 atom stereocenters. The smallest absolute Gasteiger partial charge is 0.271 e. The molecule has 5 nitrogen and oxygen atoms in total. The lowest BCUT2D eigenvalue weighted by atomic mass is 10.3. The Kier molecular flexibility index (Phi) is 3.91. The van der Waals surface area contributed by atoms with Gasteiger partial charge in [0.1, 0.15) is 5.82 Å². The van der Waals surface area contributed by atoms with Crippen molar-refractivity contribution in [3.63, 3.8) is 0 Å². The number of carbonyl (C=O) groups is 1. The Morgan fingerprint density at radius 1 is 1.42 bits per heavy atom. The van der Waals surface area contributed by atoms with Gasteiger partial charge in [0.05, 0.1) is 11.8 Å². The summed E-state index contributed by atoms with van der Waals surface area (Å²) >= 11 is 0. The lowest BCUT2D eigenvalue weighted by Crippen LogP contribution is -2.30. The van der Waals surface area contributed by atoms with E-state index in [1.807, 2.05) is 0 Å². The van der Waals surface area contributed by atoms with Crippen LogP contribution < -0.4 is 5.32 Å². The molecule has 2 aromatic rings. The minimum atomic E-state index is -0.608. The van der Waals surface area contributed by atoms with Crippen molar-refractivity contribution in [3.8, 4) is 5.69 Å². The molecule has 0 bridgehead atoms. The molecule has 6 heteroatoms. The first-order valence-electron chi connectivity index (χ1n) is 5.84. The highest BCUT2D eigenvalue weighted by Gasteiger charge is 2.10. The summed E-state index contributed by atoms with van der Waals surface area (Å²) in [7, 11) is 0. The molecule has 100 valence electrons. The second kappa shape index (κ2) is 5.62. The van der Waals surface area contributed by atoms with Crippen LogP contribution in [-0.4, -0.2) is 33.4 Å². The number of aliphatic hydroxyl groups is 1. The molecule has 19 heavy (non-hydrogen) atoms. The summed E-state index contributed by atoms with van der Waals surface area (Å²) in [5.74, 6) is -0.687. The van der Waals surface area contributed by atoms with Crippen LogP contribution in [0, 0.1) is 5.82 Å². The van der Waals surface area contributed by atoms with Crippen LogP contribution in [0.15, 0.2) is 36.5 Å². The Balaban J connectivity index is 2.10. The fourth-order valence-corrected chi connectivity index (χ4v) is 1.51. The van der Waals surface area contributed by atoms with Crippen molar-refractivity contribution in [2.45, 2.75) is 13.0 Å². The third-order valence-electron chi connectivity index (χ3n) is 2.47. The Bertz CT molecular complexity index is 564. The molecular formula is C13H14FN3O2. The Morgan fingerprint density at radius 3 is 2.74 bits per heavy atom. The van der Waals surface area contributed by atoms with Gasteiger partial charge in [0, 0.05) is 12.7 Å². The number of hydrogen-bond donors (Lipinski definition) is 2. The molecule has 0 spiro atoms. The molecule has 0 aliphatic carbocycles. The van der Waals surface area contributed by atoms with Gasteiger partial charge in [-0.1, -0.05) is 0 Å². The van der Waals surface area contributed by atoms with E-state index < -0.39 is 6.10 Å². The lowest BCUT2D eigenvalue weighted by Gasteiger charge is -2.05. The maximum absolute atomic E-state index is 12.8.